The molecule has 2 heterocycles. The van der Waals surface area contributed by atoms with Crippen molar-refractivity contribution in [2.24, 2.45) is 0 Å². The fraction of sp³-hybridized carbons (Fsp3) is 0.182. The van der Waals surface area contributed by atoms with E-state index in [0.717, 1.165) is 0 Å². The number of nitro benzene ring substituents is 1. The molecule has 2 aromatic heterocycles. The predicted molar refractivity (Wildman–Crippen MR) is 67.0 cm³/mol. The molecule has 0 fully saturated rings. The lowest BCUT2D eigenvalue weighted by atomic mass is 10.2. The second-order valence-electron chi connectivity index (χ2n) is 4.13. The minimum atomic E-state index is -0.530. The summed E-state index contributed by atoms with van der Waals surface area (Å²) in [4.78, 5) is 10.3. The van der Waals surface area contributed by atoms with E-state index >= 15 is 0 Å². The van der Waals surface area contributed by atoms with Crippen LogP contribution in [0.5, 0.6) is 0 Å². The van der Waals surface area contributed by atoms with Crippen LogP contribution in [0.1, 0.15) is 11.5 Å². The number of non-ortho nitro benzene ring substituents is 1. The summed E-state index contributed by atoms with van der Waals surface area (Å²) < 4.78 is 9.52. The van der Waals surface area contributed by atoms with Crippen LogP contribution in [0.4, 0.5) is 11.4 Å². The van der Waals surface area contributed by atoms with Crippen LogP contribution in [0.2, 0.25) is 0 Å². The molecule has 0 aliphatic heterocycles. The molecule has 1 aromatic carbocycles. The zero-order valence-corrected chi connectivity index (χ0v) is 10.4. The zero-order chi connectivity index (χ0) is 14.1. The second-order valence-corrected chi connectivity index (χ2v) is 4.13. The summed E-state index contributed by atoms with van der Waals surface area (Å²) in [6.07, 6.45) is 0. The van der Waals surface area contributed by atoms with Crippen molar-refractivity contribution in [3.63, 3.8) is 0 Å². The largest absolute Gasteiger partial charge is 0.377 e. The number of benzene rings is 1. The maximum Gasteiger partial charge on any atom is 0.300 e. The van der Waals surface area contributed by atoms with Gasteiger partial charge in [0.25, 0.3) is 0 Å². The Kier molecular flexibility index (Phi) is 2.78. The quantitative estimate of drug-likeness (QED) is 0.567. The average Bonchev–Trinajstić information content (AvgIpc) is 3.04. The molecule has 3 rings (SSSR count). The van der Waals surface area contributed by atoms with Crippen molar-refractivity contribution in [1.29, 1.82) is 0 Å². The van der Waals surface area contributed by atoms with E-state index < -0.39 is 4.92 Å². The highest BCUT2D eigenvalue weighted by Crippen LogP contribution is 2.28. The molecular formula is C11H9N5O4. The van der Waals surface area contributed by atoms with Crippen molar-refractivity contribution in [2.45, 2.75) is 13.5 Å². The highest BCUT2D eigenvalue weighted by Gasteiger charge is 2.19. The number of hydrogen-bond acceptors (Lipinski definition) is 8. The molecule has 9 nitrogen and oxygen atoms in total. The van der Waals surface area contributed by atoms with Crippen molar-refractivity contribution < 1.29 is 14.1 Å². The van der Waals surface area contributed by atoms with Crippen molar-refractivity contribution >= 4 is 22.4 Å². The number of aryl methyl sites for hydroxylation is 1. The molecule has 9 heteroatoms. The summed E-state index contributed by atoms with van der Waals surface area (Å²) in [5, 5.41) is 25.0. The summed E-state index contributed by atoms with van der Waals surface area (Å²) in [6.45, 7) is 2.19. The summed E-state index contributed by atoms with van der Waals surface area (Å²) >= 11 is 0. The van der Waals surface area contributed by atoms with Gasteiger partial charge in [0.15, 0.2) is 5.52 Å². The van der Waals surface area contributed by atoms with Gasteiger partial charge in [0.05, 0.1) is 17.2 Å². The summed E-state index contributed by atoms with van der Waals surface area (Å²) in [6, 6.07) is 4.69. The number of aromatic nitrogens is 3. The molecule has 0 atom stereocenters. The standard InChI is InChI=1S/C11H9N5O4/c1-6-4-7(13-19-6)5-12-8-2-3-9(16(17)18)11-10(8)14-20-15-11/h2-4,12H,5H2,1H3. The first-order valence-corrected chi connectivity index (χ1v) is 5.71. The van der Waals surface area contributed by atoms with Crippen LogP contribution in [0, 0.1) is 17.0 Å². The summed E-state index contributed by atoms with van der Waals surface area (Å²) in [5.41, 5.74) is 1.55. The molecule has 102 valence electrons. The van der Waals surface area contributed by atoms with E-state index in [2.05, 4.69) is 25.4 Å². The van der Waals surface area contributed by atoms with Gasteiger partial charge in [-0.2, -0.15) is 0 Å². The molecule has 0 saturated carbocycles. The molecule has 1 N–H and O–H groups in total. The minimum Gasteiger partial charge on any atom is -0.377 e. The third-order valence-electron chi connectivity index (χ3n) is 2.73. The van der Waals surface area contributed by atoms with Crippen LogP contribution < -0.4 is 5.32 Å². The van der Waals surface area contributed by atoms with E-state index in [1.54, 1.807) is 19.1 Å². The SMILES string of the molecule is Cc1cc(CNc2ccc([N+](=O)[O-])c3nonc23)no1. The Morgan fingerprint density at radius 2 is 2.10 bits per heavy atom. The van der Waals surface area contributed by atoms with Gasteiger partial charge in [-0.05, 0) is 23.3 Å². The first kappa shape index (κ1) is 12.1. The number of fused-ring (bicyclic) bond motifs is 1. The molecule has 0 bridgehead atoms. The fourth-order valence-electron chi connectivity index (χ4n) is 1.83. The topological polar surface area (TPSA) is 120 Å². The lowest BCUT2D eigenvalue weighted by Gasteiger charge is -2.03. The average molecular weight is 275 g/mol. The van der Waals surface area contributed by atoms with Crippen molar-refractivity contribution in [1.82, 2.24) is 15.5 Å². The van der Waals surface area contributed by atoms with Crippen LogP contribution in [0.25, 0.3) is 11.0 Å². The molecule has 0 amide bonds. The fourth-order valence-corrected chi connectivity index (χ4v) is 1.83. The van der Waals surface area contributed by atoms with Gasteiger partial charge in [0, 0.05) is 12.1 Å². The molecule has 0 aliphatic carbocycles. The van der Waals surface area contributed by atoms with E-state index in [4.69, 9.17) is 4.52 Å². The van der Waals surface area contributed by atoms with Gasteiger partial charge in [-0.15, -0.1) is 0 Å². The highest BCUT2D eigenvalue weighted by molar-refractivity contribution is 5.93. The Hall–Kier alpha value is -2.97. The molecule has 0 saturated heterocycles. The molecule has 0 spiro atoms. The zero-order valence-electron chi connectivity index (χ0n) is 10.4. The van der Waals surface area contributed by atoms with E-state index in [-0.39, 0.29) is 11.2 Å². The highest BCUT2D eigenvalue weighted by atomic mass is 16.6. The maximum absolute atomic E-state index is 10.9. The number of rotatable bonds is 4. The van der Waals surface area contributed by atoms with Gasteiger partial charge < -0.3 is 9.84 Å². The Balaban J connectivity index is 1.90. The number of nitro groups is 1. The third-order valence-corrected chi connectivity index (χ3v) is 2.73. The normalized spacial score (nSPS) is 10.8. The Bertz CT molecular complexity index is 778. The molecule has 0 unspecified atom stereocenters. The predicted octanol–water partition coefficient (Wildman–Crippen LogP) is 2.04. The number of nitrogens with one attached hydrogen (secondary N) is 1. The summed E-state index contributed by atoms with van der Waals surface area (Å²) in [7, 11) is 0. The molecule has 0 aliphatic rings. The maximum atomic E-state index is 10.9. The van der Waals surface area contributed by atoms with E-state index in [9.17, 15) is 10.1 Å². The Morgan fingerprint density at radius 3 is 2.80 bits per heavy atom. The monoisotopic (exact) mass is 275 g/mol. The summed E-state index contributed by atoms with van der Waals surface area (Å²) in [5.74, 6) is 0.707. The van der Waals surface area contributed by atoms with Crippen LogP contribution in [-0.2, 0) is 6.54 Å². The lowest BCUT2D eigenvalue weighted by molar-refractivity contribution is -0.383. The smallest absolute Gasteiger partial charge is 0.300 e. The lowest BCUT2D eigenvalue weighted by Crippen LogP contribution is -2.01. The Morgan fingerprint density at radius 1 is 1.30 bits per heavy atom. The molecule has 0 radical (unpaired) electrons. The van der Waals surface area contributed by atoms with Gasteiger partial charge in [-0.25, -0.2) is 4.63 Å². The van der Waals surface area contributed by atoms with Crippen LogP contribution in [0.3, 0.4) is 0 Å². The van der Waals surface area contributed by atoms with Crippen LogP contribution in [0.15, 0.2) is 27.4 Å². The van der Waals surface area contributed by atoms with Gasteiger partial charge >= 0.3 is 5.69 Å². The van der Waals surface area contributed by atoms with Crippen molar-refractivity contribution in [2.75, 3.05) is 5.32 Å². The minimum absolute atomic E-state index is 0.108. The van der Waals surface area contributed by atoms with Crippen LogP contribution >= 0.6 is 0 Å². The number of anilines is 1. The second kappa shape index (κ2) is 4.61. The number of hydrogen-bond donors (Lipinski definition) is 1. The molecule has 3 aromatic rings. The molecule has 20 heavy (non-hydrogen) atoms. The Labute approximate surface area is 111 Å². The van der Waals surface area contributed by atoms with Gasteiger partial charge in [0.2, 0.25) is 5.52 Å². The van der Waals surface area contributed by atoms with E-state index in [1.165, 1.54) is 6.07 Å². The van der Waals surface area contributed by atoms with Crippen molar-refractivity contribution in [3.05, 3.63) is 39.8 Å². The first-order chi connectivity index (χ1) is 9.65. The first-order valence-electron chi connectivity index (χ1n) is 5.71. The van der Waals surface area contributed by atoms with E-state index in [1.807, 2.05) is 0 Å². The molecular weight excluding hydrogens is 266 g/mol. The van der Waals surface area contributed by atoms with Crippen molar-refractivity contribution in [3.8, 4) is 0 Å². The number of nitrogens with zero attached hydrogens (tertiary/aromatic N) is 4. The third kappa shape index (κ3) is 2.05. The van der Waals surface area contributed by atoms with Gasteiger partial charge in [-0.1, -0.05) is 5.16 Å². The van der Waals surface area contributed by atoms with E-state index in [0.29, 0.717) is 29.2 Å². The van der Waals surface area contributed by atoms with Gasteiger partial charge in [-0.3, -0.25) is 10.1 Å². The van der Waals surface area contributed by atoms with Gasteiger partial charge in [0.1, 0.15) is 11.5 Å². The van der Waals surface area contributed by atoms with Crippen LogP contribution in [-0.4, -0.2) is 20.4 Å².